The molecule has 1 aromatic heterocycles. The number of rotatable bonds is 7. The number of benzene rings is 3. The molecule has 0 saturated heterocycles. The lowest BCUT2D eigenvalue weighted by Crippen LogP contribution is -2.44. The molecule has 10 heteroatoms. The summed E-state index contributed by atoms with van der Waals surface area (Å²) in [5, 5.41) is 8.28. The summed E-state index contributed by atoms with van der Waals surface area (Å²) in [7, 11) is 0. The van der Waals surface area contributed by atoms with Gasteiger partial charge in [-0.25, -0.2) is 4.68 Å². The van der Waals surface area contributed by atoms with Crippen molar-refractivity contribution >= 4 is 41.0 Å². The highest BCUT2D eigenvalue weighted by Crippen LogP contribution is 2.50. The lowest BCUT2D eigenvalue weighted by atomic mass is 9.99. The number of thioether (sulfide) groups is 1. The number of fused-ring (bicyclic) bond motifs is 2. The maximum absolute atomic E-state index is 13.9. The van der Waals surface area contributed by atoms with E-state index in [-0.39, 0.29) is 42.2 Å². The van der Waals surface area contributed by atoms with Crippen molar-refractivity contribution < 1.29 is 19.1 Å². The number of ether oxygens (including phenoxy) is 2. The average Bonchev–Trinajstić information content (AvgIpc) is 3.58. The van der Waals surface area contributed by atoms with Gasteiger partial charge in [0.2, 0.25) is 18.6 Å². The maximum atomic E-state index is 13.9. The van der Waals surface area contributed by atoms with Gasteiger partial charge < -0.3 is 14.8 Å². The highest BCUT2D eigenvalue weighted by Gasteiger charge is 2.38. The second kappa shape index (κ2) is 11.5. The Morgan fingerprint density at radius 2 is 1.85 bits per heavy atom. The number of amides is 2. The fraction of sp³-hybridized carbons (Fsp3) is 0.258. The lowest BCUT2D eigenvalue weighted by molar-refractivity contribution is -0.123. The number of carbonyl (C=O) groups excluding carboxylic acids is 2. The van der Waals surface area contributed by atoms with Crippen LogP contribution in [0.2, 0.25) is 5.02 Å². The van der Waals surface area contributed by atoms with Crippen LogP contribution in [0, 0.1) is 0 Å². The molecular formula is C31H29ClN4O4S. The number of nitrogens with zero attached hydrogens (tertiary/aromatic N) is 3. The summed E-state index contributed by atoms with van der Waals surface area (Å²) in [6, 6.07) is 23.0. The number of nitrogens with one attached hydrogen (secondary N) is 1. The minimum Gasteiger partial charge on any atom is -0.454 e. The molecule has 41 heavy (non-hydrogen) atoms. The first-order chi connectivity index (χ1) is 19.9. The van der Waals surface area contributed by atoms with Gasteiger partial charge in [0.1, 0.15) is 12.4 Å². The number of hydrogen-bond donors (Lipinski definition) is 1. The van der Waals surface area contributed by atoms with Gasteiger partial charge in [-0.1, -0.05) is 67.1 Å². The molecule has 0 fully saturated rings. The smallest absolute Gasteiger partial charge is 0.240 e. The molecule has 210 valence electrons. The van der Waals surface area contributed by atoms with Gasteiger partial charge in [0.05, 0.1) is 27.4 Å². The zero-order chi connectivity index (χ0) is 28.5. The monoisotopic (exact) mass is 588 g/mol. The molecule has 2 aliphatic rings. The normalized spacial score (nSPS) is 16.7. The largest absolute Gasteiger partial charge is 0.454 e. The highest BCUT2D eigenvalue weighted by molar-refractivity contribution is 8.00. The molecular weight excluding hydrogens is 560 g/mol. The van der Waals surface area contributed by atoms with Gasteiger partial charge in [-0.2, -0.15) is 5.10 Å². The van der Waals surface area contributed by atoms with Crippen LogP contribution in [0.4, 0.5) is 5.82 Å². The lowest BCUT2D eigenvalue weighted by Gasteiger charge is -2.24. The van der Waals surface area contributed by atoms with Gasteiger partial charge in [0.15, 0.2) is 11.5 Å². The van der Waals surface area contributed by atoms with Crippen molar-refractivity contribution in [3.8, 4) is 28.4 Å². The second-order valence-electron chi connectivity index (χ2n) is 9.98. The molecule has 3 aromatic carbocycles. The van der Waals surface area contributed by atoms with E-state index in [1.807, 2.05) is 80.6 Å². The fourth-order valence-electron chi connectivity index (χ4n) is 5.03. The minimum absolute atomic E-state index is 0.0202. The first-order valence-corrected chi connectivity index (χ1v) is 14.9. The quantitative estimate of drug-likeness (QED) is 0.285. The van der Waals surface area contributed by atoms with Crippen molar-refractivity contribution in [2.24, 2.45) is 0 Å². The number of anilines is 1. The van der Waals surface area contributed by atoms with Crippen molar-refractivity contribution in [3.05, 3.63) is 88.9 Å². The summed E-state index contributed by atoms with van der Waals surface area (Å²) in [5.74, 6) is 1.60. The topological polar surface area (TPSA) is 85.7 Å². The Morgan fingerprint density at radius 1 is 1.10 bits per heavy atom. The van der Waals surface area contributed by atoms with E-state index < -0.39 is 0 Å². The molecule has 0 bridgehead atoms. The van der Waals surface area contributed by atoms with Gasteiger partial charge in [-0.3, -0.25) is 14.5 Å². The Kier molecular flexibility index (Phi) is 7.64. The summed E-state index contributed by atoms with van der Waals surface area (Å²) in [6.45, 7) is 3.97. The van der Waals surface area contributed by atoms with E-state index in [9.17, 15) is 9.59 Å². The zero-order valence-corrected chi connectivity index (χ0v) is 24.2. The van der Waals surface area contributed by atoms with Crippen LogP contribution in [0.15, 0.2) is 72.8 Å². The number of aromatic nitrogens is 2. The van der Waals surface area contributed by atoms with Crippen molar-refractivity contribution in [1.82, 2.24) is 15.1 Å². The van der Waals surface area contributed by atoms with Crippen LogP contribution in [0.25, 0.3) is 16.9 Å². The third-order valence-corrected chi connectivity index (χ3v) is 8.81. The molecule has 1 N–H and O–H groups in total. The summed E-state index contributed by atoms with van der Waals surface area (Å²) in [4.78, 5) is 28.6. The number of para-hydroxylation sites is 1. The second-order valence-corrected chi connectivity index (χ2v) is 11.5. The van der Waals surface area contributed by atoms with E-state index >= 15 is 0 Å². The molecule has 2 aliphatic heterocycles. The zero-order valence-electron chi connectivity index (χ0n) is 22.7. The van der Waals surface area contributed by atoms with Gasteiger partial charge in [-0.05, 0) is 43.2 Å². The third kappa shape index (κ3) is 5.27. The van der Waals surface area contributed by atoms with E-state index in [1.54, 1.807) is 15.6 Å². The first-order valence-electron chi connectivity index (χ1n) is 13.5. The van der Waals surface area contributed by atoms with Crippen LogP contribution in [-0.4, -0.2) is 46.7 Å². The summed E-state index contributed by atoms with van der Waals surface area (Å²) >= 11 is 8.21. The van der Waals surface area contributed by atoms with Gasteiger partial charge in [0.25, 0.3) is 0 Å². The Hall–Kier alpha value is -3.95. The molecule has 2 amide bonds. The van der Waals surface area contributed by atoms with E-state index in [0.29, 0.717) is 33.7 Å². The Labute approximate surface area is 247 Å². The first kappa shape index (κ1) is 27.2. The fourth-order valence-corrected chi connectivity index (χ4v) is 6.43. The average molecular weight is 589 g/mol. The van der Waals surface area contributed by atoms with E-state index in [4.69, 9.17) is 26.2 Å². The molecule has 0 aliphatic carbocycles. The molecule has 0 radical (unpaired) electrons. The molecule has 2 atom stereocenters. The van der Waals surface area contributed by atoms with E-state index in [2.05, 4.69) is 5.32 Å². The highest BCUT2D eigenvalue weighted by atomic mass is 35.5. The molecule has 0 unspecified atom stereocenters. The molecule has 8 nitrogen and oxygen atoms in total. The van der Waals surface area contributed by atoms with Crippen molar-refractivity contribution in [1.29, 1.82) is 0 Å². The van der Waals surface area contributed by atoms with Gasteiger partial charge in [0, 0.05) is 17.2 Å². The van der Waals surface area contributed by atoms with Crippen LogP contribution >= 0.6 is 23.4 Å². The van der Waals surface area contributed by atoms with Crippen LogP contribution in [0.3, 0.4) is 0 Å². The third-order valence-electron chi connectivity index (χ3n) is 7.24. The Morgan fingerprint density at radius 3 is 2.63 bits per heavy atom. The van der Waals surface area contributed by atoms with Gasteiger partial charge in [-0.15, -0.1) is 11.8 Å². The SMILES string of the molecule is CC[C@@H](C)NC(=O)CN1C(=O)CS[C@H](c2ccc3c(c2)OCO3)c2c(-c3ccccc3)nn(-c3ccccc3Cl)c21. The minimum atomic E-state index is -0.294. The predicted molar refractivity (Wildman–Crippen MR) is 161 cm³/mol. The van der Waals surface area contributed by atoms with Gasteiger partial charge >= 0.3 is 0 Å². The van der Waals surface area contributed by atoms with Crippen LogP contribution in [0.5, 0.6) is 11.5 Å². The summed E-state index contributed by atoms with van der Waals surface area (Å²) in [5.41, 5.74) is 3.97. The standard InChI is InChI=1S/C31H29ClN4O4S/c1-3-19(2)33-26(37)16-35-27(38)17-41-30(21-13-14-24-25(15-21)40-18-39-24)28-29(20-9-5-4-6-10-20)34-36(31(28)35)23-12-8-7-11-22(23)32/h4-15,19,30H,3,16-18H2,1-2H3,(H,33,37)/t19-,30-/m1/s1. The Bertz CT molecular complexity index is 1610. The molecule has 0 spiro atoms. The summed E-state index contributed by atoms with van der Waals surface area (Å²) in [6.07, 6.45) is 0.780. The maximum Gasteiger partial charge on any atom is 0.240 e. The molecule has 0 saturated carbocycles. The van der Waals surface area contributed by atoms with Crippen LogP contribution in [-0.2, 0) is 9.59 Å². The molecule has 4 aromatic rings. The van der Waals surface area contributed by atoms with Crippen molar-refractivity contribution in [3.63, 3.8) is 0 Å². The summed E-state index contributed by atoms with van der Waals surface area (Å²) < 4.78 is 13.0. The molecule has 6 rings (SSSR count). The number of hydrogen-bond acceptors (Lipinski definition) is 6. The van der Waals surface area contributed by atoms with E-state index in [1.165, 1.54) is 11.8 Å². The predicted octanol–water partition coefficient (Wildman–Crippen LogP) is 6.01. The van der Waals surface area contributed by atoms with Crippen LogP contribution < -0.4 is 19.7 Å². The number of carbonyl (C=O) groups is 2. The van der Waals surface area contributed by atoms with Crippen molar-refractivity contribution in [2.45, 2.75) is 31.6 Å². The molecule has 3 heterocycles. The van der Waals surface area contributed by atoms with Crippen molar-refractivity contribution in [2.75, 3.05) is 24.0 Å². The number of halogens is 1. The Balaban J connectivity index is 1.60. The van der Waals surface area contributed by atoms with Crippen LogP contribution in [0.1, 0.15) is 36.6 Å². The van der Waals surface area contributed by atoms with E-state index in [0.717, 1.165) is 23.1 Å².